The second-order valence-corrected chi connectivity index (χ2v) is 6.57. The first-order chi connectivity index (χ1) is 12.6. The molecule has 6 nitrogen and oxygen atoms in total. The summed E-state index contributed by atoms with van der Waals surface area (Å²) in [6, 6.07) is 15.0. The van der Waals surface area contributed by atoms with Gasteiger partial charge in [0.2, 0.25) is 11.8 Å². The van der Waals surface area contributed by atoms with E-state index >= 15 is 0 Å². The minimum absolute atomic E-state index is 0.155. The number of benzene rings is 2. The van der Waals surface area contributed by atoms with Gasteiger partial charge in [0.15, 0.2) is 0 Å². The van der Waals surface area contributed by atoms with Crippen LogP contribution in [0.15, 0.2) is 48.5 Å². The summed E-state index contributed by atoms with van der Waals surface area (Å²) in [5.41, 5.74) is 3.57. The zero-order valence-electron chi connectivity index (χ0n) is 14.2. The third-order valence-electron chi connectivity index (χ3n) is 4.91. The lowest BCUT2D eigenvalue weighted by Gasteiger charge is -2.29. The number of fused-ring (bicyclic) bond motifs is 1. The van der Waals surface area contributed by atoms with Crippen LogP contribution < -0.4 is 10.6 Å². The average Bonchev–Trinajstić information content (AvgIpc) is 2.98. The van der Waals surface area contributed by atoms with E-state index in [4.69, 9.17) is 0 Å². The molecule has 0 radical (unpaired) electrons. The normalized spacial score (nSPS) is 19.3. The topological polar surface area (TPSA) is 78.5 Å². The van der Waals surface area contributed by atoms with Crippen molar-refractivity contribution in [1.82, 2.24) is 10.2 Å². The van der Waals surface area contributed by atoms with Gasteiger partial charge in [0.1, 0.15) is 6.04 Å². The molecule has 26 heavy (non-hydrogen) atoms. The summed E-state index contributed by atoms with van der Waals surface area (Å²) in [7, 11) is 0. The molecule has 2 N–H and O–H groups in total. The van der Waals surface area contributed by atoms with Gasteiger partial charge in [0.05, 0.1) is 0 Å². The van der Waals surface area contributed by atoms with Crippen molar-refractivity contribution < 1.29 is 14.4 Å². The number of carbonyl (C=O) groups excluding carboxylic acids is 3. The van der Waals surface area contributed by atoms with E-state index in [1.54, 1.807) is 11.0 Å². The third kappa shape index (κ3) is 2.94. The predicted octanol–water partition coefficient (Wildman–Crippen LogP) is 2.06. The van der Waals surface area contributed by atoms with Crippen LogP contribution >= 0.6 is 0 Å². The Morgan fingerprint density at radius 3 is 2.62 bits per heavy atom. The molecule has 0 spiro atoms. The molecule has 0 bridgehead atoms. The second-order valence-electron chi connectivity index (χ2n) is 6.57. The first-order valence-corrected chi connectivity index (χ1v) is 8.68. The van der Waals surface area contributed by atoms with Crippen LogP contribution in [0.4, 0.5) is 5.69 Å². The van der Waals surface area contributed by atoms with E-state index in [-0.39, 0.29) is 24.1 Å². The maximum Gasteiger partial charge on any atom is 0.255 e. The van der Waals surface area contributed by atoms with Gasteiger partial charge in [-0.25, -0.2) is 0 Å². The number of amides is 3. The Hall–Kier alpha value is -3.15. The summed E-state index contributed by atoms with van der Waals surface area (Å²) >= 11 is 0. The van der Waals surface area contributed by atoms with E-state index in [1.165, 1.54) is 0 Å². The van der Waals surface area contributed by atoms with Crippen molar-refractivity contribution in [3.63, 3.8) is 0 Å². The lowest BCUT2D eigenvalue weighted by molar-refractivity contribution is -0.136. The summed E-state index contributed by atoms with van der Waals surface area (Å²) in [5, 5.41) is 5.72. The minimum Gasteiger partial charge on any atom is -0.381 e. The Balaban J connectivity index is 1.54. The third-order valence-corrected chi connectivity index (χ3v) is 4.91. The SMILES string of the molecule is O=C1CCC(N2Cc3c(NCc4ccccc4)cccc3C2=O)C(=O)N1. The number of nitrogens with one attached hydrogen (secondary N) is 2. The van der Waals surface area contributed by atoms with Gasteiger partial charge in [-0.2, -0.15) is 0 Å². The summed E-state index contributed by atoms with van der Waals surface area (Å²) in [5.74, 6) is -0.820. The van der Waals surface area contributed by atoms with Crippen molar-refractivity contribution in [3.8, 4) is 0 Å². The Bertz CT molecular complexity index is 879. The molecule has 1 unspecified atom stereocenters. The Labute approximate surface area is 151 Å². The summed E-state index contributed by atoms with van der Waals surface area (Å²) in [6.07, 6.45) is 0.632. The Morgan fingerprint density at radius 1 is 1.04 bits per heavy atom. The molecule has 132 valence electrons. The zero-order chi connectivity index (χ0) is 18.1. The lowest BCUT2D eigenvalue weighted by atomic mass is 10.0. The van der Waals surface area contributed by atoms with Crippen molar-refractivity contribution in [2.24, 2.45) is 0 Å². The smallest absolute Gasteiger partial charge is 0.255 e. The zero-order valence-corrected chi connectivity index (χ0v) is 14.2. The quantitative estimate of drug-likeness (QED) is 0.828. The van der Waals surface area contributed by atoms with Crippen LogP contribution in [0, 0.1) is 0 Å². The number of rotatable bonds is 4. The summed E-state index contributed by atoms with van der Waals surface area (Å²) in [6.45, 7) is 1.03. The van der Waals surface area contributed by atoms with Crippen molar-refractivity contribution in [2.75, 3.05) is 5.32 Å². The molecule has 2 heterocycles. The van der Waals surface area contributed by atoms with Gasteiger partial charge in [-0.1, -0.05) is 36.4 Å². The van der Waals surface area contributed by atoms with Crippen molar-refractivity contribution in [1.29, 1.82) is 0 Å². The molecule has 2 aliphatic rings. The highest BCUT2D eigenvalue weighted by molar-refractivity contribution is 6.06. The lowest BCUT2D eigenvalue weighted by Crippen LogP contribution is -2.52. The van der Waals surface area contributed by atoms with Crippen LogP contribution in [0.5, 0.6) is 0 Å². The number of hydrogen-bond donors (Lipinski definition) is 2. The molecule has 4 rings (SSSR count). The molecule has 6 heteroatoms. The van der Waals surface area contributed by atoms with Crippen LogP contribution in [0.3, 0.4) is 0 Å². The molecule has 1 saturated heterocycles. The average molecular weight is 349 g/mol. The summed E-state index contributed by atoms with van der Waals surface area (Å²) in [4.78, 5) is 37.9. The van der Waals surface area contributed by atoms with Gasteiger partial charge in [-0.3, -0.25) is 19.7 Å². The highest BCUT2D eigenvalue weighted by Gasteiger charge is 2.39. The van der Waals surface area contributed by atoms with Crippen LogP contribution in [0.25, 0.3) is 0 Å². The maximum absolute atomic E-state index is 12.8. The molecule has 2 aromatic rings. The van der Waals surface area contributed by atoms with Crippen molar-refractivity contribution in [2.45, 2.75) is 32.0 Å². The van der Waals surface area contributed by atoms with E-state index in [0.717, 1.165) is 16.8 Å². The number of imide groups is 1. The number of carbonyl (C=O) groups is 3. The van der Waals surface area contributed by atoms with Gasteiger partial charge in [-0.15, -0.1) is 0 Å². The van der Waals surface area contributed by atoms with Crippen LogP contribution in [0.2, 0.25) is 0 Å². The van der Waals surface area contributed by atoms with E-state index in [9.17, 15) is 14.4 Å². The fourth-order valence-corrected chi connectivity index (χ4v) is 3.54. The second kappa shape index (κ2) is 6.63. The molecule has 1 atom stereocenters. The number of piperidine rings is 1. The summed E-state index contributed by atoms with van der Waals surface area (Å²) < 4.78 is 0. The van der Waals surface area contributed by atoms with Crippen molar-refractivity contribution >= 4 is 23.4 Å². The molecule has 2 aliphatic heterocycles. The fraction of sp³-hybridized carbons (Fsp3) is 0.250. The van der Waals surface area contributed by atoms with Gasteiger partial charge in [-0.05, 0) is 24.1 Å². The molecule has 0 saturated carbocycles. The van der Waals surface area contributed by atoms with Crippen molar-refractivity contribution in [3.05, 3.63) is 65.2 Å². The van der Waals surface area contributed by atoms with Gasteiger partial charge >= 0.3 is 0 Å². The molecule has 3 amide bonds. The number of hydrogen-bond acceptors (Lipinski definition) is 4. The number of nitrogens with zero attached hydrogens (tertiary/aromatic N) is 1. The molecule has 1 fully saturated rings. The predicted molar refractivity (Wildman–Crippen MR) is 96.3 cm³/mol. The maximum atomic E-state index is 12.8. The fourth-order valence-electron chi connectivity index (χ4n) is 3.54. The van der Waals surface area contributed by atoms with E-state index in [1.807, 2.05) is 42.5 Å². The molecular weight excluding hydrogens is 330 g/mol. The molecule has 0 aliphatic carbocycles. The van der Waals surface area contributed by atoms with E-state index in [0.29, 0.717) is 25.1 Å². The largest absolute Gasteiger partial charge is 0.381 e. The number of anilines is 1. The molecule has 2 aromatic carbocycles. The molecular formula is C20H19N3O3. The Kier molecular flexibility index (Phi) is 4.16. The van der Waals surface area contributed by atoms with Gasteiger partial charge in [0.25, 0.3) is 5.91 Å². The van der Waals surface area contributed by atoms with Crippen LogP contribution in [-0.2, 0) is 22.7 Å². The first-order valence-electron chi connectivity index (χ1n) is 8.68. The highest BCUT2D eigenvalue weighted by Crippen LogP contribution is 2.32. The standard InChI is InChI=1S/C20H19N3O3/c24-18-10-9-17(19(25)22-18)23-12-15-14(20(23)26)7-4-8-16(15)21-11-13-5-2-1-3-6-13/h1-8,17,21H,9-12H2,(H,22,24,25). The molecule has 0 aromatic heterocycles. The van der Waals surface area contributed by atoms with Gasteiger partial charge in [0, 0.05) is 36.3 Å². The van der Waals surface area contributed by atoms with Gasteiger partial charge < -0.3 is 10.2 Å². The van der Waals surface area contributed by atoms with E-state index in [2.05, 4.69) is 10.6 Å². The Morgan fingerprint density at radius 2 is 1.85 bits per heavy atom. The van der Waals surface area contributed by atoms with Crippen LogP contribution in [0.1, 0.15) is 34.3 Å². The first kappa shape index (κ1) is 16.3. The van der Waals surface area contributed by atoms with Crippen LogP contribution in [-0.4, -0.2) is 28.7 Å². The minimum atomic E-state index is -0.588. The monoisotopic (exact) mass is 349 g/mol. The highest BCUT2D eigenvalue weighted by atomic mass is 16.2. The van der Waals surface area contributed by atoms with E-state index < -0.39 is 6.04 Å².